The lowest BCUT2D eigenvalue weighted by Crippen LogP contribution is -2.16. The standard InChI is InChI=1S/C23H23NO4S/c1-16-17(9-13-22(25)19-10-14-23(26)24(2)15-19)5-4-6-21(16)18-7-11-20(12-8-18)29(3,27)28/h4-8,10-12,14-15H,9,13H2,1-3H3. The molecule has 0 aliphatic carbocycles. The first-order valence-corrected chi connectivity index (χ1v) is 11.1. The third kappa shape index (κ3) is 4.71. The first kappa shape index (κ1) is 20.7. The van der Waals surface area contributed by atoms with Gasteiger partial charge in [0.15, 0.2) is 15.6 Å². The molecule has 3 rings (SSSR count). The fourth-order valence-electron chi connectivity index (χ4n) is 3.30. The molecule has 6 heteroatoms. The van der Waals surface area contributed by atoms with Crippen molar-refractivity contribution in [2.75, 3.05) is 6.26 Å². The van der Waals surface area contributed by atoms with Crippen LogP contribution >= 0.6 is 0 Å². The lowest BCUT2D eigenvalue weighted by Gasteiger charge is -2.12. The molecule has 0 atom stereocenters. The SMILES string of the molecule is Cc1c(CCC(=O)c2ccc(=O)n(C)c2)cccc1-c1ccc(S(C)(=O)=O)cc1. The Kier molecular flexibility index (Phi) is 5.84. The van der Waals surface area contributed by atoms with Crippen LogP contribution in [0.25, 0.3) is 11.1 Å². The number of aromatic nitrogens is 1. The Labute approximate surface area is 170 Å². The molecule has 29 heavy (non-hydrogen) atoms. The van der Waals surface area contributed by atoms with E-state index in [0.29, 0.717) is 18.4 Å². The fraction of sp³-hybridized carbons (Fsp3) is 0.217. The molecule has 0 aliphatic heterocycles. The van der Waals surface area contributed by atoms with Crippen molar-refractivity contribution in [1.82, 2.24) is 4.57 Å². The molecule has 0 amide bonds. The molecule has 0 spiro atoms. The topological polar surface area (TPSA) is 73.2 Å². The van der Waals surface area contributed by atoms with Crippen LogP contribution in [0.1, 0.15) is 27.9 Å². The van der Waals surface area contributed by atoms with Crippen molar-refractivity contribution in [3.05, 3.63) is 87.8 Å². The van der Waals surface area contributed by atoms with Gasteiger partial charge in [0.25, 0.3) is 0 Å². The normalized spacial score (nSPS) is 11.4. The number of carbonyl (C=O) groups is 1. The average molecular weight is 410 g/mol. The molecule has 0 saturated carbocycles. The summed E-state index contributed by atoms with van der Waals surface area (Å²) in [7, 11) is -1.60. The molecule has 0 radical (unpaired) electrons. The summed E-state index contributed by atoms with van der Waals surface area (Å²) in [5.41, 5.74) is 4.45. The van der Waals surface area contributed by atoms with Crippen molar-refractivity contribution < 1.29 is 13.2 Å². The van der Waals surface area contributed by atoms with Gasteiger partial charge in [-0.3, -0.25) is 9.59 Å². The monoisotopic (exact) mass is 409 g/mol. The lowest BCUT2D eigenvalue weighted by atomic mass is 9.93. The van der Waals surface area contributed by atoms with Gasteiger partial charge in [0, 0.05) is 37.6 Å². The van der Waals surface area contributed by atoms with Crippen LogP contribution < -0.4 is 5.56 Å². The second-order valence-electron chi connectivity index (χ2n) is 7.18. The van der Waals surface area contributed by atoms with E-state index in [9.17, 15) is 18.0 Å². The second-order valence-corrected chi connectivity index (χ2v) is 9.19. The van der Waals surface area contributed by atoms with Crippen LogP contribution in [0.4, 0.5) is 0 Å². The predicted molar refractivity (Wildman–Crippen MR) is 114 cm³/mol. The van der Waals surface area contributed by atoms with Crippen LogP contribution in [0.15, 0.2) is 70.5 Å². The van der Waals surface area contributed by atoms with Crippen molar-refractivity contribution in [2.45, 2.75) is 24.7 Å². The van der Waals surface area contributed by atoms with Gasteiger partial charge in [0.2, 0.25) is 5.56 Å². The zero-order valence-electron chi connectivity index (χ0n) is 16.7. The number of nitrogens with zero attached hydrogens (tertiary/aromatic N) is 1. The van der Waals surface area contributed by atoms with E-state index < -0.39 is 9.84 Å². The van der Waals surface area contributed by atoms with Gasteiger partial charge >= 0.3 is 0 Å². The van der Waals surface area contributed by atoms with Crippen molar-refractivity contribution in [1.29, 1.82) is 0 Å². The largest absolute Gasteiger partial charge is 0.318 e. The molecule has 0 fully saturated rings. The van der Waals surface area contributed by atoms with E-state index in [1.165, 1.54) is 16.9 Å². The van der Waals surface area contributed by atoms with Crippen LogP contribution in [0.5, 0.6) is 0 Å². The molecule has 0 saturated heterocycles. The van der Waals surface area contributed by atoms with Gasteiger partial charge in [-0.15, -0.1) is 0 Å². The minimum absolute atomic E-state index is 0.0112. The lowest BCUT2D eigenvalue weighted by molar-refractivity contribution is 0.0982. The molecule has 0 bridgehead atoms. The zero-order chi connectivity index (χ0) is 21.2. The van der Waals surface area contributed by atoms with Crippen molar-refractivity contribution in [3.8, 4) is 11.1 Å². The first-order chi connectivity index (χ1) is 13.7. The quantitative estimate of drug-likeness (QED) is 0.584. The van der Waals surface area contributed by atoms with E-state index in [1.807, 2.05) is 25.1 Å². The molecule has 0 aliphatic rings. The van der Waals surface area contributed by atoms with Crippen LogP contribution in [-0.2, 0) is 23.3 Å². The molecular formula is C23H23NO4S. The third-order valence-electron chi connectivity index (χ3n) is 5.07. The molecule has 150 valence electrons. The number of aryl methyl sites for hydroxylation is 2. The average Bonchev–Trinajstić information content (AvgIpc) is 2.68. The van der Waals surface area contributed by atoms with Crippen LogP contribution in [-0.4, -0.2) is 25.0 Å². The summed E-state index contributed by atoms with van der Waals surface area (Å²) >= 11 is 0. The maximum Gasteiger partial charge on any atom is 0.250 e. The number of benzene rings is 2. The number of sulfone groups is 1. The Balaban J connectivity index is 1.80. The van der Waals surface area contributed by atoms with Crippen molar-refractivity contribution >= 4 is 15.6 Å². The van der Waals surface area contributed by atoms with E-state index in [0.717, 1.165) is 22.3 Å². The molecule has 3 aromatic rings. The van der Waals surface area contributed by atoms with E-state index in [-0.39, 0.29) is 16.2 Å². The Morgan fingerprint density at radius 1 is 1.00 bits per heavy atom. The highest BCUT2D eigenvalue weighted by atomic mass is 32.2. The molecule has 0 N–H and O–H groups in total. The van der Waals surface area contributed by atoms with E-state index in [2.05, 4.69) is 0 Å². The molecule has 5 nitrogen and oxygen atoms in total. The highest BCUT2D eigenvalue weighted by Gasteiger charge is 2.12. The van der Waals surface area contributed by atoms with Gasteiger partial charge in [0.05, 0.1) is 4.90 Å². The Bertz CT molecular complexity index is 1220. The number of rotatable bonds is 6. The fourth-order valence-corrected chi connectivity index (χ4v) is 3.93. The number of pyridine rings is 1. The minimum atomic E-state index is -3.23. The summed E-state index contributed by atoms with van der Waals surface area (Å²) in [6.07, 6.45) is 3.69. The second kappa shape index (κ2) is 8.17. The van der Waals surface area contributed by atoms with Crippen LogP contribution in [0.3, 0.4) is 0 Å². The molecule has 2 aromatic carbocycles. The number of carbonyl (C=O) groups excluding carboxylic acids is 1. The molecule has 1 aromatic heterocycles. The zero-order valence-corrected chi connectivity index (χ0v) is 17.5. The van der Waals surface area contributed by atoms with Gasteiger partial charge in [-0.05, 0) is 53.8 Å². The molecular weight excluding hydrogens is 386 g/mol. The number of hydrogen-bond acceptors (Lipinski definition) is 4. The molecule has 0 unspecified atom stereocenters. The summed E-state index contributed by atoms with van der Waals surface area (Å²) in [4.78, 5) is 24.3. The summed E-state index contributed by atoms with van der Waals surface area (Å²) in [5.74, 6) is -0.0112. The summed E-state index contributed by atoms with van der Waals surface area (Å²) < 4.78 is 24.7. The number of Topliss-reactive ketones (excluding diaryl/α,β-unsaturated/α-hetero) is 1. The Hall–Kier alpha value is -2.99. The Morgan fingerprint density at radius 2 is 1.69 bits per heavy atom. The predicted octanol–water partition coefficient (Wildman–Crippen LogP) is 3.58. The maximum absolute atomic E-state index is 12.5. The van der Waals surface area contributed by atoms with Gasteiger partial charge in [-0.1, -0.05) is 30.3 Å². The molecule has 1 heterocycles. The highest BCUT2D eigenvalue weighted by Crippen LogP contribution is 2.27. The Morgan fingerprint density at radius 3 is 2.31 bits per heavy atom. The third-order valence-corrected chi connectivity index (χ3v) is 6.20. The van der Waals surface area contributed by atoms with Crippen molar-refractivity contribution in [3.63, 3.8) is 0 Å². The minimum Gasteiger partial charge on any atom is -0.318 e. The van der Waals surface area contributed by atoms with Gasteiger partial charge in [-0.25, -0.2) is 8.42 Å². The summed E-state index contributed by atoms with van der Waals surface area (Å²) in [6.45, 7) is 2.01. The van der Waals surface area contributed by atoms with Gasteiger partial charge < -0.3 is 4.57 Å². The van der Waals surface area contributed by atoms with E-state index >= 15 is 0 Å². The van der Waals surface area contributed by atoms with Gasteiger partial charge in [-0.2, -0.15) is 0 Å². The van der Waals surface area contributed by atoms with E-state index in [1.54, 1.807) is 43.6 Å². The maximum atomic E-state index is 12.5. The number of hydrogen-bond donors (Lipinski definition) is 0. The van der Waals surface area contributed by atoms with Gasteiger partial charge in [0.1, 0.15) is 0 Å². The summed E-state index contributed by atoms with van der Waals surface area (Å²) in [6, 6.07) is 15.7. The first-order valence-electron chi connectivity index (χ1n) is 9.25. The highest BCUT2D eigenvalue weighted by molar-refractivity contribution is 7.90. The number of ketones is 1. The summed E-state index contributed by atoms with van der Waals surface area (Å²) in [5, 5.41) is 0. The van der Waals surface area contributed by atoms with E-state index in [4.69, 9.17) is 0 Å². The van der Waals surface area contributed by atoms with Crippen LogP contribution in [0.2, 0.25) is 0 Å². The van der Waals surface area contributed by atoms with Crippen LogP contribution in [0, 0.1) is 6.92 Å². The van der Waals surface area contributed by atoms with Crippen molar-refractivity contribution in [2.24, 2.45) is 7.05 Å². The smallest absolute Gasteiger partial charge is 0.250 e.